The lowest BCUT2D eigenvalue weighted by molar-refractivity contribution is 0.175. The van der Waals surface area contributed by atoms with Gasteiger partial charge in [0.2, 0.25) is 0 Å². The van der Waals surface area contributed by atoms with Gasteiger partial charge >= 0.3 is 0 Å². The van der Waals surface area contributed by atoms with E-state index in [1.807, 2.05) is 12.1 Å². The molecule has 1 N–H and O–H groups in total. The molecule has 102 valence electrons. The van der Waals surface area contributed by atoms with Crippen LogP contribution >= 0.6 is 11.3 Å². The van der Waals surface area contributed by atoms with Crippen LogP contribution in [-0.4, -0.2) is 11.2 Å². The summed E-state index contributed by atoms with van der Waals surface area (Å²) in [6.07, 6.45) is 1.03. The van der Waals surface area contributed by atoms with Crippen LogP contribution in [0.2, 0.25) is 0 Å². The number of aliphatic hydroxyl groups excluding tert-OH is 1. The molecule has 1 aromatic carbocycles. The molecule has 2 aromatic rings. The van der Waals surface area contributed by atoms with Crippen molar-refractivity contribution in [3.8, 4) is 0 Å². The maximum Gasteiger partial charge on any atom is 0.129 e. The van der Waals surface area contributed by atoms with Crippen molar-refractivity contribution in [3.05, 3.63) is 57.3 Å². The van der Waals surface area contributed by atoms with Crippen molar-refractivity contribution < 1.29 is 13.9 Å². The van der Waals surface area contributed by atoms with E-state index >= 15 is 0 Å². The summed E-state index contributed by atoms with van der Waals surface area (Å²) in [5.41, 5.74) is 0.348. The van der Waals surface area contributed by atoms with E-state index in [1.54, 1.807) is 11.3 Å². The molecule has 0 bridgehead atoms. The summed E-state index contributed by atoms with van der Waals surface area (Å²) in [6, 6.07) is 7.49. The van der Waals surface area contributed by atoms with Gasteiger partial charge in [0, 0.05) is 28.7 Å². The van der Waals surface area contributed by atoms with E-state index in [2.05, 4.69) is 6.92 Å². The summed E-state index contributed by atoms with van der Waals surface area (Å²) in [6.45, 7) is 2.08. The SMILES string of the molecule is CCc1ccc(CC(O)Cc2ccc(F)cc2F)s1. The lowest BCUT2D eigenvalue weighted by Crippen LogP contribution is -2.14. The second kappa shape index (κ2) is 6.26. The minimum Gasteiger partial charge on any atom is -0.392 e. The standard InChI is InChI=1S/C15H16F2OS/c1-2-13-5-6-14(19-13)9-12(18)7-10-3-4-11(16)8-15(10)17/h3-6,8,12,18H,2,7,9H2,1H3. The van der Waals surface area contributed by atoms with Crippen molar-refractivity contribution in [1.82, 2.24) is 0 Å². The molecule has 0 radical (unpaired) electrons. The quantitative estimate of drug-likeness (QED) is 0.886. The van der Waals surface area contributed by atoms with Gasteiger partial charge in [-0.2, -0.15) is 0 Å². The second-order valence-electron chi connectivity index (χ2n) is 4.52. The molecule has 19 heavy (non-hydrogen) atoms. The zero-order valence-electron chi connectivity index (χ0n) is 10.7. The highest BCUT2D eigenvalue weighted by atomic mass is 32.1. The average molecular weight is 282 g/mol. The molecule has 0 saturated carbocycles. The number of aryl methyl sites for hydroxylation is 1. The first-order valence-electron chi connectivity index (χ1n) is 6.28. The molecular weight excluding hydrogens is 266 g/mol. The first-order chi connectivity index (χ1) is 9.08. The van der Waals surface area contributed by atoms with Gasteiger partial charge in [-0.25, -0.2) is 8.78 Å². The van der Waals surface area contributed by atoms with Crippen molar-refractivity contribution in [2.75, 3.05) is 0 Å². The third kappa shape index (κ3) is 3.85. The third-order valence-corrected chi connectivity index (χ3v) is 4.23. The molecule has 1 unspecified atom stereocenters. The number of halogens is 2. The van der Waals surface area contributed by atoms with Gasteiger partial charge in [0.05, 0.1) is 6.10 Å². The van der Waals surface area contributed by atoms with E-state index in [4.69, 9.17) is 0 Å². The Labute approximate surface area is 115 Å². The molecule has 2 rings (SSSR count). The molecule has 0 aliphatic carbocycles. The smallest absolute Gasteiger partial charge is 0.129 e. The molecule has 0 aliphatic heterocycles. The molecule has 0 fully saturated rings. The Balaban J connectivity index is 1.98. The normalized spacial score (nSPS) is 12.6. The van der Waals surface area contributed by atoms with Crippen LogP contribution in [0.4, 0.5) is 8.78 Å². The monoisotopic (exact) mass is 282 g/mol. The highest BCUT2D eigenvalue weighted by Crippen LogP contribution is 2.20. The average Bonchev–Trinajstić information content (AvgIpc) is 2.80. The number of thiophene rings is 1. The number of hydrogen-bond donors (Lipinski definition) is 1. The largest absolute Gasteiger partial charge is 0.392 e. The molecule has 0 saturated heterocycles. The van der Waals surface area contributed by atoms with Crippen molar-refractivity contribution in [3.63, 3.8) is 0 Å². The lowest BCUT2D eigenvalue weighted by atomic mass is 10.0. The van der Waals surface area contributed by atoms with Gasteiger partial charge in [-0.15, -0.1) is 11.3 Å². The predicted molar refractivity (Wildman–Crippen MR) is 73.5 cm³/mol. The van der Waals surface area contributed by atoms with Crippen molar-refractivity contribution in [2.45, 2.75) is 32.3 Å². The number of aliphatic hydroxyl groups is 1. The number of rotatable bonds is 5. The molecule has 4 heteroatoms. The Kier molecular flexibility index (Phi) is 4.66. The van der Waals surface area contributed by atoms with Gasteiger partial charge in [-0.05, 0) is 30.2 Å². The maximum absolute atomic E-state index is 13.5. The molecule has 0 amide bonds. The fourth-order valence-electron chi connectivity index (χ4n) is 1.97. The first-order valence-corrected chi connectivity index (χ1v) is 7.09. The molecule has 0 aliphatic rings. The Morgan fingerprint density at radius 3 is 2.47 bits per heavy atom. The third-order valence-electron chi connectivity index (χ3n) is 2.97. The summed E-state index contributed by atoms with van der Waals surface area (Å²) in [5.74, 6) is -1.19. The van der Waals surface area contributed by atoms with Crippen molar-refractivity contribution in [2.24, 2.45) is 0 Å². The van der Waals surface area contributed by atoms with Gasteiger partial charge in [0.15, 0.2) is 0 Å². The van der Waals surface area contributed by atoms with Gasteiger partial charge in [-0.3, -0.25) is 0 Å². The van der Waals surface area contributed by atoms with Crippen LogP contribution in [0.15, 0.2) is 30.3 Å². The minimum absolute atomic E-state index is 0.200. The van der Waals surface area contributed by atoms with Crippen LogP contribution in [0.3, 0.4) is 0 Å². The van der Waals surface area contributed by atoms with Crippen LogP contribution in [0.1, 0.15) is 22.2 Å². The predicted octanol–water partition coefficient (Wildman–Crippen LogP) is 3.73. The fourth-order valence-corrected chi connectivity index (χ4v) is 3.00. The lowest BCUT2D eigenvalue weighted by Gasteiger charge is -2.10. The molecule has 0 spiro atoms. The van der Waals surface area contributed by atoms with E-state index in [9.17, 15) is 13.9 Å². The summed E-state index contributed by atoms with van der Waals surface area (Å²) < 4.78 is 26.2. The van der Waals surface area contributed by atoms with Gasteiger partial charge < -0.3 is 5.11 Å². The van der Waals surface area contributed by atoms with E-state index in [1.165, 1.54) is 17.0 Å². The van der Waals surface area contributed by atoms with Crippen LogP contribution in [0.5, 0.6) is 0 Å². The van der Waals surface area contributed by atoms with Crippen LogP contribution in [0.25, 0.3) is 0 Å². The highest BCUT2D eigenvalue weighted by Gasteiger charge is 2.12. The zero-order chi connectivity index (χ0) is 13.8. The van der Waals surface area contributed by atoms with Gasteiger partial charge in [-0.1, -0.05) is 13.0 Å². The van der Waals surface area contributed by atoms with Gasteiger partial charge in [0.25, 0.3) is 0 Å². The molecule has 1 heterocycles. The van der Waals surface area contributed by atoms with E-state index in [-0.39, 0.29) is 6.42 Å². The molecule has 1 atom stereocenters. The molecule has 1 aromatic heterocycles. The van der Waals surface area contributed by atoms with Crippen molar-refractivity contribution in [1.29, 1.82) is 0 Å². The minimum atomic E-state index is -0.650. The summed E-state index contributed by atoms with van der Waals surface area (Å²) in [5, 5.41) is 9.98. The van der Waals surface area contributed by atoms with E-state index in [0.29, 0.717) is 12.0 Å². The van der Waals surface area contributed by atoms with Crippen LogP contribution in [-0.2, 0) is 19.3 Å². The molecular formula is C15H16F2OS. The van der Waals surface area contributed by atoms with Gasteiger partial charge in [0.1, 0.15) is 11.6 Å². The summed E-state index contributed by atoms with van der Waals surface area (Å²) in [4.78, 5) is 2.36. The topological polar surface area (TPSA) is 20.2 Å². The number of hydrogen-bond acceptors (Lipinski definition) is 2. The Morgan fingerprint density at radius 1 is 1.11 bits per heavy atom. The van der Waals surface area contributed by atoms with E-state index < -0.39 is 17.7 Å². The number of benzene rings is 1. The van der Waals surface area contributed by atoms with E-state index in [0.717, 1.165) is 17.4 Å². The highest BCUT2D eigenvalue weighted by molar-refractivity contribution is 7.11. The second-order valence-corrected chi connectivity index (χ2v) is 5.77. The summed E-state index contributed by atoms with van der Waals surface area (Å²) in [7, 11) is 0. The molecule has 1 nitrogen and oxygen atoms in total. The first kappa shape index (κ1) is 14.2. The van der Waals surface area contributed by atoms with Crippen LogP contribution in [0, 0.1) is 11.6 Å². The Morgan fingerprint density at radius 2 is 1.84 bits per heavy atom. The Hall–Kier alpha value is -1.26. The fraction of sp³-hybridized carbons (Fsp3) is 0.333. The Bertz CT molecular complexity index is 551. The maximum atomic E-state index is 13.5. The summed E-state index contributed by atoms with van der Waals surface area (Å²) >= 11 is 1.66. The van der Waals surface area contributed by atoms with Crippen LogP contribution < -0.4 is 0 Å². The van der Waals surface area contributed by atoms with Crippen molar-refractivity contribution >= 4 is 11.3 Å². The zero-order valence-corrected chi connectivity index (χ0v) is 11.5.